The molecule has 0 fully saturated rings. The first-order chi connectivity index (χ1) is 11.3. The summed E-state index contributed by atoms with van der Waals surface area (Å²) in [5.41, 5.74) is 1.96. The highest BCUT2D eigenvalue weighted by Gasteiger charge is 2.20. The van der Waals surface area contributed by atoms with Crippen molar-refractivity contribution in [2.75, 3.05) is 0 Å². The van der Waals surface area contributed by atoms with Crippen LogP contribution in [-0.2, 0) is 11.2 Å². The van der Waals surface area contributed by atoms with Gasteiger partial charge in [-0.25, -0.2) is 4.79 Å². The van der Waals surface area contributed by atoms with E-state index in [2.05, 4.69) is 0 Å². The molecule has 0 radical (unpaired) electrons. The first-order valence-electron chi connectivity index (χ1n) is 7.44. The summed E-state index contributed by atoms with van der Waals surface area (Å²) in [4.78, 5) is 12.3. The van der Waals surface area contributed by atoms with Crippen molar-refractivity contribution >= 4 is 40.8 Å². The maximum atomic E-state index is 12.3. The topological polar surface area (TPSA) is 35.5 Å². The molecular weight excluding hydrogens is 371 g/mol. The third kappa shape index (κ3) is 4.56. The standard InChI is InChI=1S/C18H17Cl3O3/c1-4-12-6-5-10(2)16(7-12)24-18(22)11(3)23-17-9-14(20)13(19)8-15(17)21/h5-9,11H,4H2,1-3H3. The lowest BCUT2D eigenvalue weighted by Crippen LogP contribution is -2.28. The summed E-state index contributed by atoms with van der Waals surface area (Å²) >= 11 is 17.9. The van der Waals surface area contributed by atoms with E-state index in [1.165, 1.54) is 12.1 Å². The Morgan fingerprint density at radius 1 is 1.04 bits per heavy atom. The smallest absolute Gasteiger partial charge is 0.352 e. The molecule has 1 unspecified atom stereocenters. The Balaban J connectivity index is 2.12. The van der Waals surface area contributed by atoms with E-state index >= 15 is 0 Å². The molecule has 24 heavy (non-hydrogen) atoms. The van der Waals surface area contributed by atoms with E-state index in [9.17, 15) is 4.79 Å². The molecule has 3 nitrogen and oxygen atoms in total. The summed E-state index contributed by atoms with van der Waals surface area (Å²) in [5, 5.41) is 0.882. The molecule has 0 amide bonds. The molecule has 0 aliphatic rings. The van der Waals surface area contributed by atoms with Crippen LogP contribution in [0.4, 0.5) is 0 Å². The largest absolute Gasteiger partial charge is 0.477 e. The van der Waals surface area contributed by atoms with Crippen molar-refractivity contribution in [2.45, 2.75) is 33.3 Å². The molecular formula is C18H17Cl3O3. The number of aryl methyl sites for hydroxylation is 2. The van der Waals surface area contributed by atoms with Crippen molar-refractivity contribution in [3.8, 4) is 11.5 Å². The number of hydrogen-bond acceptors (Lipinski definition) is 3. The van der Waals surface area contributed by atoms with E-state index in [0.29, 0.717) is 15.8 Å². The maximum Gasteiger partial charge on any atom is 0.352 e. The SMILES string of the molecule is CCc1ccc(C)c(OC(=O)C(C)Oc2cc(Cl)c(Cl)cc2Cl)c1. The van der Waals surface area contributed by atoms with Crippen LogP contribution < -0.4 is 9.47 Å². The van der Waals surface area contributed by atoms with Gasteiger partial charge in [-0.1, -0.05) is 53.9 Å². The van der Waals surface area contributed by atoms with Crippen molar-refractivity contribution in [2.24, 2.45) is 0 Å². The highest BCUT2D eigenvalue weighted by atomic mass is 35.5. The minimum atomic E-state index is -0.857. The summed E-state index contributed by atoms with van der Waals surface area (Å²) < 4.78 is 11.0. The lowest BCUT2D eigenvalue weighted by atomic mass is 10.1. The number of benzene rings is 2. The highest BCUT2D eigenvalue weighted by Crippen LogP contribution is 2.34. The molecule has 0 heterocycles. The van der Waals surface area contributed by atoms with Crippen LogP contribution in [0.5, 0.6) is 11.5 Å². The van der Waals surface area contributed by atoms with Crippen molar-refractivity contribution in [3.63, 3.8) is 0 Å². The predicted octanol–water partition coefficient (Wildman–Crippen LogP) is 5.89. The average Bonchev–Trinajstić information content (AvgIpc) is 2.54. The Hall–Kier alpha value is -1.42. The van der Waals surface area contributed by atoms with Gasteiger partial charge in [-0.3, -0.25) is 0 Å². The fourth-order valence-electron chi connectivity index (χ4n) is 2.00. The fraction of sp³-hybridized carbons (Fsp3) is 0.278. The van der Waals surface area contributed by atoms with Crippen LogP contribution in [0.2, 0.25) is 15.1 Å². The number of ether oxygens (including phenoxy) is 2. The Morgan fingerprint density at radius 3 is 2.38 bits per heavy atom. The third-order valence-electron chi connectivity index (χ3n) is 3.48. The Bertz CT molecular complexity index is 759. The van der Waals surface area contributed by atoms with Gasteiger partial charge in [-0.05, 0) is 43.5 Å². The zero-order valence-electron chi connectivity index (χ0n) is 13.5. The maximum absolute atomic E-state index is 12.3. The lowest BCUT2D eigenvalue weighted by Gasteiger charge is -2.16. The molecule has 0 bridgehead atoms. The predicted molar refractivity (Wildman–Crippen MR) is 97.8 cm³/mol. The molecule has 6 heteroatoms. The van der Waals surface area contributed by atoms with Gasteiger partial charge in [0.2, 0.25) is 0 Å². The molecule has 0 saturated heterocycles. The Kier molecular flexibility index (Phi) is 6.39. The van der Waals surface area contributed by atoms with E-state index in [-0.39, 0.29) is 10.8 Å². The monoisotopic (exact) mass is 386 g/mol. The van der Waals surface area contributed by atoms with Gasteiger partial charge in [-0.15, -0.1) is 0 Å². The van der Waals surface area contributed by atoms with Crippen LogP contribution in [0.15, 0.2) is 30.3 Å². The lowest BCUT2D eigenvalue weighted by molar-refractivity contribution is -0.141. The van der Waals surface area contributed by atoms with E-state index in [1.54, 1.807) is 6.92 Å². The normalized spacial score (nSPS) is 11.9. The molecule has 2 aromatic rings. The minimum absolute atomic E-state index is 0.271. The molecule has 2 aromatic carbocycles. The van der Waals surface area contributed by atoms with Crippen LogP contribution in [0, 0.1) is 6.92 Å². The van der Waals surface area contributed by atoms with Crippen LogP contribution in [0.25, 0.3) is 0 Å². The van der Waals surface area contributed by atoms with Gasteiger partial charge in [0, 0.05) is 6.07 Å². The Labute approximate surface area is 156 Å². The summed E-state index contributed by atoms with van der Waals surface area (Å²) in [6.07, 6.45) is -0.000104. The molecule has 1 atom stereocenters. The second-order valence-corrected chi connectivity index (χ2v) is 6.55. The first kappa shape index (κ1) is 18.9. The number of esters is 1. The van der Waals surface area contributed by atoms with Crippen LogP contribution in [0.3, 0.4) is 0 Å². The van der Waals surface area contributed by atoms with Gasteiger partial charge in [0.25, 0.3) is 0 Å². The molecule has 0 saturated carbocycles. The Morgan fingerprint density at radius 2 is 1.71 bits per heavy atom. The number of rotatable bonds is 5. The molecule has 0 N–H and O–H groups in total. The quantitative estimate of drug-likeness (QED) is 0.364. The molecule has 0 aliphatic carbocycles. The zero-order valence-corrected chi connectivity index (χ0v) is 15.8. The molecule has 0 aromatic heterocycles. The second-order valence-electron chi connectivity index (χ2n) is 5.33. The number of hydrogen-bond donors (Lipinski definition) is 0. The zero-order chi connectivity index (χ0) is 17.9. The number of carbonyl (C=O) groups excluding carboxylic acids is 1. The van der Waals surface area contributed by atoms with Gasteiger partial charge >= 0.3 is 5.97 Å². The number of carbonyl (C=O) groups is 1. The van der Waals surface area contributed by atoms with Crippen molar-refractivity contribution in [3.05, 3.63) is 56.5 Å². The van der Waals surface area contributed by atoms with Gasteiger partial charge in [-0.2, -0.15) is 0 Å². The van der Waals surface area contributed by atoms with E-state index in [0.717, 1.165) is 17.5 Å². The molecule has 0 spiro atoms. The van der Waals surface area contributed by atoms with Gasteiger partial charge < -0.3 is 9.47 Å². The van der Waals surface area contributed by atoms with Gasteiger partial charge in [0.05, 0.1) is 15.1 Å². The number of halogens is 3. The van der Waals surface area contributed by atoms with Crippen molar-refractivity contribution in [1.82, 2.24) is 0 Å². The summed E-state index contributed by atoms with van der Waals surface area (Å²) in [5.74, 6) is 0.276. The van der Waals surface area contributed by atoms with E-state index < -0.39 is 12.1 Å². The first-order valence-corrected chi connectivity index (χ1v) is 8.57. The summed E-state index contributed by atoms with van der Waals surface area (Å²) in [6, 6.07) is 8.71. The van der Waals surface area contributed by atoms with Crippen molar-refractivity contribution in [1.29, 1.82) is 0 Å². The average molecular weight is 388 g/mol. The van der Waals surface area contributed by atoms with Crippen LogP contribution >= 0.6 is 34.8 Å². The third-order valence-corrected chi connectivity index (χ3v) is 4.50. The second kappa shape index (κ2) is 8.11. The van der Waals surface area contributed by atoms with E-state index in [4.69, 9.17) is 44.3 Å². The molecule has 0 aliphatic heterocycles. The van der Waals surface area contributed by atoms with Crippen molar-refractivity contribution < 1.29 is 14.3 Å². The summed E-state index contributed by atoms with van der Waals surface area (Å²) in [6.45, 7) is 5.50. The molecule has 128 valence electrons. The molecule has 2 rings (SSSR count). The van der Waals surface area contributed by atoms with Crippen LogP contribution in [-0.4, -0.2) is 12.1 Å². The fourth-order valence-corrected chi connectivity index (χ4v) is 2.58. The van der Waals surface area contributed by atoms with E-state index in [1.807, 2.05) is 32.0 Å². The van der Waals surface area contributed by atoms with Gasteiger partial charge in [0.1, 0.15) is 11.5 Å². The highest BCUT2D eigenvalue weighted by molar-refractivity contribution is 6.43. The summed E-state index contributed by atoms with van der Waals surface area (Å²) in [7, 11) is 0. The van der Waals surface area contributed by atoms with Gasteiger partial charge in [0.15, 0.2) is 6.10 Å². The minimum Gasteiger partial charge on any atom is -0.477 e. The van der Waals surface area contributed by atoms with Crippen LogP contribution in [0.1, 0.15) is 25.0 Å².